The van der Waals surface area contributed by atoms with E-state index in [2.05, 4.69) is 24.1 Å². The van der Waals surface area contributed by atoms with Crippen molar-refractivity contribution in [3.05, 3.63) is 0 Å². The van der Waals surface area contributed by atoms with Gasteiger partial charge in [0.1, 0.15) is 0 Å². The summed E-state index contributed by atoms with van der Waals surface area (Å²) in [5.41, 5.74) is 0. The largest absolute Gasteiger partial charge is 0.314 e. The molecule has 0 bridgehead atoms. The molecule has 0 aromatic carbocycles. The summed E-state index contributed by atoms with van der Waals surface area (Å²) in [5.74, 6) is 0.542. The zero-order valence-corrected chi connectivity index (χ0v) is 10.7. The minimum atomic E-state index is -2.83. The predicted octanol–water partition coefficient (Wildman–Crippen LogP) is 0.103. The first-order chi connectivity index (χ1) is 6.96. The van der Waals surface area contributed by atoms with E-state index >= 15 is 0 Å². The molecular formula is C10H22N2O2S. The number of sulfone groups is 1. The summed E-state index contributed by atoms with van der Waals surface area (Å²) in [6, 6.07) is 0.863. The van der Waals surface area contributed by atoms with Gasteiger partial charge >= 0.3 is 0 Å². The summed E-state index contributed by atoms with van der Waals surface area (Å²) in [5, 5.41) is 3.33. The number of hydrogen-bond acceptors (Lipinski definition) is 4. The quantitative estimate of drug-likeness (QED) is 0.750. The van der Waals surface area contributed by atoms with Crippen molar-refractivity contribution < 1.29 is 8.42 Å². The fourth-order valence-corrected chi connectivity index (χ4v) is 2.78. The first-order valence-electron chi connectivity index (χ1n) is 5.63. The highest BCUT2D eigenvalue weighted by molar-refractivity contribution is 7.91. The second-order valence-electron chi connectivity index (χ2n) is 4.33. The summed E-state index contributed by atoms with van der Waals surface area (Å²) in [4.78, 5) is 2.28. The monoisotopic (exact) mass is 234 g/mol. The van der Waals surface area contributed by atoms with Crippen LogP contribution in [0.2, 0.25) is 0 Å². The molecule has 0 amide bonds. The standard InChI is InChI=1S/C10H22N2O2S/c1-4-15(13,14)6-5-12-9(2)7-11-8-10(12)3/h9-11H,4-8H2,1-3H3. The van der Waals surface area contributed by atoms with Crippen LogP contribution < -0.4 is 5.32 Å². The van der Waals surface area contributed by atoms with E-state index < -0.39 is 9.84 Å². The first-order valence-corrected chi connectivity index (χ1v) is 7.45. The Hall–Kier alpha value is -0.130. The molecule has 1 heterocycles. The predicted molar refractivity (Wildman–Crippen MR) is 62.8 cm³/mol. The van der Waals surface area contributed by atoms with Crippen LogP contribution in [0.25, 0.3) is 0 Å². The zero-order chi connectivity index (χ0) is 11.5. The number of rotatable bonds is 4. The second kappa shape index (κ2) is 5.27. The van der Waals surface area contributed by atoms with Gasteiger partial charge in [0.2, 0.25) is 0 Å². The Labute approximate surface area is 93.0 Å². The van der Waals surface area contributed by atoms with E-state index in [0.717, 1.165) is 13.1 Å². The lowest BCUT2D eigenvalue weighted by molar-refractivity contribution is 0.125. The second-order valence-corrected chi connectivity index (χ2v) is 6.80. The van der Waals surface area contributed by atoms with Crippen LogP contribution in [0.1, 0.15) is 20.8 Å². The summed E-state index contributed by atoms with van der Waals surface area (Å²) in [7, 11) is -2.83. The van der Waals surface area contributed by atoms with Crippen molar-refractivity contribution in [1.82, 2.24) is 10.2 Å². The lowest BCUT2D eigenvalue weighted by Gasteiger charge is -2.39. The topological polar surface area (TPSA) is 49.4 Å². The average Bonchev–Trinajstić information content (AvgIpc) is 2.17. The summed E-state index contributed by atoms with van der Waals surface area (Å²) < 4.78 is 22.8. The lowest BCUT2D eigenvalue weighted by Crippen LogP contribution is -2.56. The van der Waals surface area contributed by atoms with Gasteiger partial charge < -0.3 is 5.32 Å². The van der Waals surface area contributed by atoms with E-state index in [0.29, 0.717) is 18.6 Å². The maximum Gasteiger partial charge on any atom is 0.151 e. The molecule has 1 aliphatic rings. The van der Waals surface area contributed by atoms with Gasteiger partial charge in [0.15, 0.2) is 9.84 Å². The summed E-state index contributed by atoms with van der Waals surface area (Å²) >= 11 is 0. The third-order valence-electron chi connectivity index (χ3n) is 3.11. The number of nitrogens with one attached hydrogen (secondary N) is 1. The van der Waals surface area contributed by atoms with Gasteiger partial charge in [0.05, 0.1) is 5.75 Å². The van der Waals surface area contributed by atoms with Crippen molar-refractivity contribution in [3.8, 4) is 0 Å². The highest BCUT2D eigenvalue weighted by Gasteiger charge is 2.25. The molecule has 90 valence electrons. The molecular weight excluding hydrogens is 212 g/mol. The van der Waals surface area contributed by atoms with Crippen LogP contribution in [0.4, 0.5) is 0 Å². The van der Waals surface area contributed by atoms with Gasteiger partial charge in [-0.1, -0.05) is 6.92 Å². The van der Waals surface area contributed by atoms with Crippen molar-refractivity contribution in [2.75, 3.05) is 31.1 Å². The molecule has 0 aromatic rings. The third kappa shape index (κ3) is 3.74. The van der Waals surface area contributed by atoms with E-state index in [1.165, 1.54) is 0 Å². The molecule has 0 spiro atoms. The Balaban J connectivity index is 2.49. The van der Waals surface area contributed by atoms with Gasteiger partial charge in [0, 0.05) is 37.5 Å². The van der Waals surface area contributed by atoms with E-state index in [1.54, 1.807) is 6.92 Å². The van der Waals surface area contributed by atoms with Crippen molar-refractivity contribution in [2.24, 2.45) is 0 Å². The van der Waals surface area contributed by atoms with Crippen LogP contribution in [0.5, 0.6) is 0 Å². The fourth-order valence-electron chi connectivity index (χ4n) is 2.00. The number of piperazine rings is 1. The molecule has 1 N–H and O–H groups in total. The zero-order valence-electron chi connectivity index (χ0n) is 9.86. The van der Waals surface area contributed by atoms with Gasteiger partial charge in [-0.15, -0.1) is 0 Å². The highest BCUT2D eigenvalue weighted by Crippen LogP contribution is 2.09. The Morgan fingerprint density at radius 1 is 1.27 bits per heavy atom. The molecule has 0 radical (unpaired) electrons. The summed E-state index contributed by atoms with van der Waals surface area (Å²) in [6.45, 7) is 8.57. The van der Waals surface area contributed by atoms with Gasteiger partial charge in [-0.05, 0) is 13.8 Å². The first kappa shape index (κ1) is 12.9. The minimum Gasteiger partial charge on any atom is -0.314 e. The molecule has 1 fully saturated rings. The fraction of sp³-hybridized carbons (Fsp3) is 1.00. The Morgan fingerprint density at radius 3 is 2.27 bits per heavy atom. The molecule has 5 heteroatoms. The van der Waals surface area contributed by atoms with Crippen LogP contribution in [0.15, 0.2) is 0 Å². The third-order valence-corrected chi connectivity index (χ3v) is 4.80. The van der Waals surface area contributed by atoms with Crippen LogP contribution in [-0.2, 0) is 9.84 Å². The molecule has 1 aliphatic heterocycles. The molecule has 15 heavy (non-hydrogen) atoms. The van der Waals surface area contributed by atoms with E-state index in [1.807, 2.05) is 0 Å². The van der Waals surface area contributed by atoms with Crippen LogP contribution >= 0.6 is 0 Å². The van der Waals surface area contributed by atoms with E-state index in [4.69, 9.17) is 0 Å². The van der Waals surface area contributed by atoms with Crippen molar-refractivity contribution in [2.45, 2.75) is 32.9 Å². The Morgan fingerprint density at radius 2 is 1.80 bits per heavy atom. The molecule has 0 aliphatic carbocycles. The Kier molecular flexibility index (Phi) is 4.55. The highest BCUT2D eigenvalue weighted by atomic mass is 32.2. The molecule has 0 aromatic heterocycles. The smallest absolute Gasteiger partial charge is 0.151 e. The molecule has 2 atom stereocenters. The average molecular weight is 234 g/mol. The van der Waals surface area contributed by atoms with Gasteiger partial charge in [-0.2, -0.15) is 0 Å². The van der Waals surface area contributed by atoms with Crippen LogP contribution in [-0.4, -0.2) is 56.5 Å². The maximum atomic E-state index is 11.4. The van der Waals surface area contributed by atoms with Crippen LogP contribution in [0.3, 0.4) is 0 Å². The van der Waals surface area contributed by atoms with Crippen molar-refractivity contribution in [1.29, 1.82) is 0 Å². The van der Waals surface area contributed by atoms with Gasteiger partial charge in [0.25, 0.3) is 0 Å². The van der Waals surface area contributed by atoms with E-state index in [-0.39, 0.29) is 11.5 Å². The van der Waals surface area contributed by atoms with Crippen molar-refractivity contribution >= 4 is 9.84 Å². The van der Waals surface area contributed by atoms with Gasteiger partial charge in [-0.25, -0.2) is 8.42 Å². The molecule has 1 saturated heterocycles. The molecule has 4 nitrogen and oxygen atoms in total. The summed E-state index contributed by atoms with van der Waals surface area (Å²) in [6.07, 6.45) is 0. The lowest BCUT2D eigenvalue weighted by atomic mass is 10.1. The van der Waals surface area contributed by atoms with E-state index in [9.17, 15) is 8.42 Å². The van der Waals surface area contributed by atoms with Crippen molar-refractivity contribution in [3.63, 3.8) is 0 Å². The minimum absolute atomic E-state index is 0.252. The Bertz CT molecular complexity index is 280. The molecule has 1 rings (SSSR count). The maximum absolute atomic E-state index is 11.4. The van der Waals surface area contributed by atoms with Crippen LogP contribution in [0, 0.1) is 0 Å². The number of hydrogen-bond donors (Lipinski definition) is 1. The van der Waals surface area contributed by atoms with Gasteiger partial charge in [-0.3, -0.25) is 4.90 Å². The number of nitrogens with zero attached hydrogens (tertiary/aromatic N) is 1. The molecule has 0 saturated carbocycles. The normalized spacial score (nSPS) is 29.3. The molecule has 2 unspecified atom stereocenters. The SMILES string of the molecule is CCS(=O)(=O)CCN1C(C)CNCC1C.